The van der Waals surface area contributed by atoms with Crippen LogP contribution in [0.1, 0.15) is 22.8 Å². The summed E-state index contributed by atoms with van der Waals surface area (Å²) in [7, 11) is 1.37. The van der Waals surface area contributed by atoms with Crippen molar-refractivity contribution in [2.24, 2.45) is 0 Å². The quantitative estimate of drug-likeness (QED) is 0.647. The lowest BCUT2D eigenvalue weighted by molar-refractivity contribution is 0.0601. The van der Waals surface area contributed by atoms with Crippen LogP contribution in [-0.4, -0.2) is 13.1 Å². The minimum atomic E-state index is -0.312. The van der Waals surface area contributed by atoms with Crippen molar-refractivity contribution in [1.82, 2.24) is 0 Å². The molecule has 68 valence electrons. The zero-order chi connectivity index (χ0) is 9.84. The molecule has 0 unspecified atom stereocenters. The molecule has 0 amide bonds. The van der Waals surface area contributed by atoms with Gasteiger partial charge in [0.05, 0.1) is 12.7 Å². The Morgan fingerprint density at radius 3 is 2.08 bits per heavy atom. The van der Waals surface area contributed by atoms with Crippen LogP contribution in [0, 0.1) is 0 Å². The van der Waals surface area contributed by atoms with E-state index in [1.54, 1.807) is 12.1 Å². The minimum absolute atomic E-state index is 0.312. The normalized spacial score (nSPS) is 9.38. The van der Waals surface area contributed by atoms with E-state index in [9.17, 15) is 4.79 Å². The zero-order valence-electron chi connectivity index (χ0n) is 7.83. The van der Waals surface area contributed by atoms with E-state index in [-0.39, 0.29) is 5.97 Å². The summed E-state index contributed by atoms with van der Waals surface area (Å²) >= 11 is 0. The van der Waals surface area contributed by atoms with Crippen LogP contribution < -0.4 is 0 Å². The van der Waals surface area contributed by atoms with E-state index < -0.39 is 0 Å². The van der Waals surface area contributed by atoms with Crippen molar-refractivity contribution >= 4 is 11.5 Å². The Hall–Kier alpha value is -1.57. The molecule has 13 heavy (non-hydrogen) atoms. The van der Waals surface area contributed by atoms with Gasteiger partial charge in [-0.25, -0.2) is 4.79 Å². The highest BCUT2D eigenvalue weighted by molar-refractivity contribution is 5.89. The highest BCUT2D eigenvalue weighted by Gasteiger charge is 2.03. The van der Waals surface area contributed by atoms with E-state index in [4.69, 9.17) is 0 Å². The number of carbonyl (C=O) groups is 1. The molecule has 0 aliphatic rings. The molecule has 1 aromatic carbocycles. The van der Waals surface area contributed by atoms with Crippen LogP contribution in [0.25, 0.3) is 5.57 Å². The van der Waals surface area contributed by atoms with Gasteiger partial charge in [-0.2, -0.15) is 0 Å². The largest absolute Gasteiger partial charge is 0.465 e. The molecule has 0 radical (unpaired) electrons. The van der Waals surface area contributed by atoms with Gasteiger partial charge in [0.2, 0.25) is 0 Å². The Labute approximate surface area is 77.8 Å². The number of methoxy groups -OCH3 is 1. The van der Waals surface area contributed by atoms with Crippen molar-refractivity contribution < 1.29 is 9.53 Å². The maximum absolute atomic E-state index is 11.0. The Kier molecular flexibility index (Phi) is 2.85. The lowest BCUT2D eigenvalue weighted by atomic mass is 10.1. The van der Waals surface area contributed by atoms with Gasteiger partial charge in [-0.3, -0.25) is 0 Å². The first-order valence-electron chi connectivity index (χ1n) is 3.99. The third kappa shape index (κ3) is 2.18. The van der Waals surface area contributed by atoms with Gasteiger partial charge in [0.1, 0.15) is 0 Å². The molecule has 0 aliphatic carbocycles. The number of rotatable bonds is 2. The third-order valence-electron chi connectivity index (χ3n) is 1.80. The van der Waals surface area contributed by atoms with E-state index in [2.05, 4.69) is 11.3 Å². The van der Waals surface area contributed by atoms with E-state index in [0.29, 0.717) is 5.56 Å². The molecule has 0 aromatic heterocycles. The van der Waals surface area contributed by atoms with Crippen LogP contribution >= 0.6 is 0 Å². The molecule has 2 nitrogen and oxygen atoms in total. The highest BCUT2D eigenvalue weighted by Crippen LogP contribution is 2.12. The number of hydrogen-bond donors (Lipinski definition) is 0. The van der Waals surface area contributed by atoms with Crippen molar-refractivity contribution in [2.75, 3.05) is 7.11 Å². The summed E-state index contributed by atoms with van der Waals surface area (Å²) in [4.78, 5) is 11.0. The topological polar surface area (TPSA) is 26.3 Å². The molecule has 0 N–H and O–H groups in total. The van der Waals surface area contributed by atoms with Crippen molar-refractivity contribution in [3.8, 4) is 0 Å². The Balaban J connectivity index is 2.93. The zero-order valence-corrected chi connectivity index (χ0v) is 7.83. The summed E-state index contributed by atoms with van der Waals surface area (Å²) < 4.78 is 4.58. The highest BCUT2D eigenvalue weighted by atomic mass is 16.5. The van der Waals surface area contributed by atoms with Gasteiger partial charge in [0.25, 0.3) is 0 Å². The van der Waals surface area contributed by atoms with Crippen LogP contribution in [0.15, 0.2) is 30.8 Å². The first-order valence-corrected chi connectivity index (χ1v) is 3.99. The predicted octanol–water partition coefficient (Wildman–Crippen LogP) is 2.51. The lowest BCUT2D eigenvalue weighted by Crippen LogP contribution is -2.00. The molecule has 1 aromatic rings. The summed E-state index contributed by atoms with van der Waals surface area (Å²) in [6.45, 7) is 5.73. The summed E-state index contributed by atoms with van der Waals surface area (Å²) in [6.07, 6.45) is 0. The van der Waals surface area contributed by atoms with Crippen molar-refractivity contribution in [3.63, 3.8) is 0 Å². The fraction of sp³-hybridized carbons (Fsp3) is 0.182. The van der Waals surface area contributed by atoms with Gasteiger partial charge in [0, 0.05) is 0 Å². The number of carbonyl (C=O) groups excluding carboxylic acids is 1. The Morgan fingerprint density at radius 1 is 1.23 bits per heavy atom. The maximum atomic E-state index is 11.0. The second-order valence-corrected chi connectivity index (χ2v) is 2.85. The fourth-order valence-corrected chi connectivity index (χ4v) is 1.01. The molecule has 0 heterocycles. The predicted molar refractivity (Wildman–Crippen MR) is 52.5 cm³/mol. The molecule has 0 fully saturated rings. The monoisotopic (exact) mass is 176 g/mol. The molecule has 0 bridgehead atoms. The Bertz CT molecular complexity index is 322. The molecular formula is C11H12O2. The van der Waals surface area contributed by atoms with Crippen molar-refractivity contribution in [3.05, 3.63) is 42.0 Å². The van der Waals surface area contributed by atoms with Crippen molar-refractivity contribution in [2.45, 2.75) is 6.92 Å². The molecule has 0 atom stereocenters. The second kappa shape index (κ2) is 3.90. The molecule has 0 saturated heterocycles. The lowest BCUT2D eigenvalue weighted by Gasteiger charge is -2.01. The summed E-state index contributed by atoms with van der Waals surface area (Å²) in [6, 6.07) is 7.18. The number of benzene rings is 1. The van der Waals surface area contributed by atoms with E-state index in [0.717, 1.165) is 11.1 Å². The van der Waals surface area contributed by atoms with E-state index in [1.165, 1.54) is 7.11 Å². The van der Waals surface area contributed by atoms with Gasteiger partial charge in [0.15, 0.2) is 0 Å². The van der Waals surface area contributed by atoms with Crippen LogP contribution in [0.5, 0.6) is 0 Å². The molecule has 1 rings (SSSR count). The average Bonchev–Trinajstić information content (AvgIpc) is 2.17. The Morgan fingerprint density at radius 2 is 1.69 bits per heavy atom. The van der Waals surface area contributed by atoms with Crippen LogP contribution in [0.2, 0.25) is 0 Å². The molecule has 0 saturated carbocycles. The molecule has 0 aliphatic heterocycles. The molecular weight excluding hydrogens is 164 g/mol. The van der Waals surface area contributed by atoms with Crippen LogP contribution in [-0.2, 0) is 4.74 Å². The van der Waals surface area contributed by atoms with Crippen LogP contribution in [0.3, 0.4) is 0 Å². The summed E-state index contributed by atoms with van der Waals surface area (Å²) in [5.41, 5.74) is 2.58. The average molecular weight is 176 g/mol. The third-order valence-corrected chi connectivity index (χ3v) is 1.80. The number of ether oxygens (including phenoxy) is 1. The number of allylic oxidation sites excluding steroid dienone is 1. The van der Waals surface area contributed by atoms with Gasteiger partial charge >= 0.3 is 5.97 Å². The fourth-order valence-electron chi connectivity index (χ4n) is 1.01. The van der Waals surface area contributed by atoms with Gasteiger partial charge < -0.3 is 4.74 Å². The van der Waals surface area contributed by atoms with Gasteiger partial charge in [-0.05, 0) is 24.6 Å². The second-order valence-electron chi connectivity index (χ2n) is 2.85. The molecule has 0 spiro atoms. The maximum Gasteiger partial charge on any atom is 0.337 e. The van der Waals surface area contributed by atoms with E-state index >= 15 is 0 Å². The molecule has 2 heteroatoms. The first-order chi connectivity index (χ1) is 6.15. The number of hydrogen-bond acceptors (Lipinski definition) is 2. The van der Waals surface area contributed by atoms with E-state index in [1.807, 2.05) is 19.1 Å². The smallest absolute Gasteiger partial charge is 0.337 e. The van der Waals surface area contributed by atoms with Gasteiger partial charge in [-0.15, -0.1) is 0 Å². The van der Waals surface area contributed by atoms with Crippen LogP contribution in [0.4, 0.5) is 0 Å². The SMILES string of the molecule is C=C(C)c1ccc(C(=O)OC)cc1. The minimum Gasteiger partial charge on any atom is -0.465 e. The standard InChI is InChI=1S/C11H12O2/c1-8(2)9-4-6-10(7-5-9)11(12)13-3/h4-7H,1H2,2-3H3. The summed E-state index contributed by atoms with van der Waals surface area (Å²) in [5, 5.41) is 0. The first kappa shape index (κ1) is 9.52. The number of esters is 1. The summed E-state index contributed by atoms with van der Waals surface area (Å²) in [5.74, 6) is -0.312. The van der Waals surface area contributed by atoms with Crippen molar-refractivity contribution in [1.29, 1.82) is 0 Å². The van der Waals surface area contributed by atoms with Gasteiger partial charge in [-0.1, -0.05) is 24.3 Å².